The number of benzene rings is 1. The van der Waals surface area contributed by atoms with Gasteiger partial charge in [0.25, 0.3) is 0 Å². The minimum atomic E-state index is -0.0246. The molecule has 3 aromatic rings. The van der Waals surface area contributed by atoms with E-state index in [-0.39, 0.29) is 18.5 Å². The first-order valence-corrected chi connectivity index (χ1v) is 9.20. The van der Waals surface area contributed by atoms with Crippen LogP contribution in [0.3, 0.4) is 0 Å². The fraction of sp³-hybridized carbons (Fsp3) is 0.333. The van der Waals surface area contributed by atoms with Gasteiger partial charge < -0.3 is 19.4 Å². The van der Waals surface area contributed by atoms with Crippen molar-refractivity contribution in [3.63, 3.8) is 0 Å². The lowest BCUT2D eigenvalue weighted by Gasteiger charge is -2.23. The molecule has 1 aromatic carbocycles. The second kappa shape index (κ2) is 7.80. The fourth-order valence-corrected chi connectivity index (χ4v) is 3.52. The number of carbonyl (C=O) groups is 1. The SMILES string of the molecule is COc1ccc(-c2cc3cccnc3n2CC(=O)N[C@@H]2CCCOC2)cc1. The van der Waals surface area contributed by atoms with Crippen LogP contribution < -0.4 is 10.1 Å². The summed E-state index contributed by atoms with van der Waals surface area (Å²) in [6, 6.07) is 13.9. The number of methoxy groups -OCH3 is 1. The summed E-state index contributed by atoms with van der Waals surface area (Å²) in [5, 5.41) is 4.10. The van der Waals surface area contributed by atoms with Crippen LogP contribution in [0.2, 0.25) is 0 Å². The van der Waals surface area contributed by atoms with Gasteiger partial charge in [0, 0.05) is 18.2 Å². The van der Waals surface area contributed by atoms with Crippen LogP contribution in [-0.2, 0) is 16.1 Å². The number of carbonyl (C=O) groups excluding carboxylic acids is 1. The molecule has 1 saturated heterocycles. The maximum atomic E-state index is 12.7. The zero-order valence-corrected chi connectivity index (χ0v) is 15.4. The van der Waals surface area contributed by atoms with Crippen LogP contribution in [-0.4, -0.2) is 41.8 Å². The molecule has 4 rings (SSSR count). The fourth-order valence-electron chi connectivity index (χ4n) is 3.52. The molecule has 0 unspecified atom stereocenters. The van der Waals surface area contributed by atoms with Crippen molar-refractivity contribution >= 4 is 16.9 Å². The molecule has 27 heavy (non-hydrogen) atoms. The molecule has 0 radical (unpaired) electrons. The van der Waals surface area contributed by atoms with E-state index in [1.165, 1.54) is 0 Å². The third-order valence-electron chi connectivity index (χ3n) is 4.87. The van der Waals surface area contributed by atoms with Crippen LogP contribution in [0.15, 0.2) is 48.7 Å². The summed E-state index contributed by atoms with van der Waals surface area (Å²) in [6.07, 6.45) is 3.70. The normalized spacial score (nSPS) is 17.0. The van der Waals surface area contributed by atoms with Gasteiger partial charge in [-0.25, -0.2) is 4.98 Å². The number of aromatic nitrogens is 2. The highest BCUT2D eigenvalue weighted by atomic mass is 16.5. The molecule has 0 spiro atoms. The van der Waals surface area contributed by atoms with E-state index in [9.17, 15) is 4.79 Å². The van der Waals surface area contributed by atoms with E-state index in [1.807, 2.05) is 41.0 Å². The Balaban J connectivity index is 1.64. The molecular formula is C21H23N3O3. The first kappa shape index (κ1) is 17.5. The number of pyridine rings is 1. The molecule has 1 fully saturated rings. The van der Waals surface area contributed by atoms with Crippen LogP contribution in [0.1, 0.15) is 12.8 Å². The average Bonchev–Trinajstić information content (AvgIpc) is 3.07. The average molecular weight is 365 g/mol. The number of nitrogens with one attached hydrogen (secondary N) is 1. The molecule has 1 aliphatic heterocycles. The first-order valence-electron chi connectivity index (χ1n) is 9.20. The second-order valence-electron chi connectivity index (χ2n) is 6.74. The minimum absolute atomic E-state index is 0.0246. The van der Waals surface area contributed by atoms with E-state index >= 15 is 0 Å². The van der Waals surface area contributed by atoms with E-state index in [0.717, 1.165) is 47.5 Å². The summed E-state index contributed by atoms with van der Waals surface area (Å²) >= 11 is 0. The van der Waals surface area contributed by atoms with Crippen LogP contribution in [0.4, 0.5) is 0 Å². The minimum Gasteiger partial charge on any atom is -0.497 e. The molecule has 6 heteroatoms. The lowest BCUT2D eigenvalue weighted by atomic mass is 10.1. The number of fused-ring (bicyclic) bond motifs is 1. The molecule has 0 aliphatic carbocycles. The Bertz CT molecular complexity index is 927. The van der Waals surface area contributed by atoms with Crippen LogP contribution in [0, 0.1) is 0 Å². The number of amides is 1. The van der Waals surface area contributed by atoms with Crippen LogP contribution >= 0.6 is 0 Å². The predicted molar refractivity (Wildman–Crippen MR) is 104 cm³/mol. The molecule has 3 heterocycles. The Morgan fingerprint density at radius 1 is 1.33 bits per heavy atom. The summed E-state index contributed by atoms with van der Waals surface area (Å²) < 4.78 is 12.7. The third kappa shape index (κ3) is 3.80. The van der Waals surface area contributed by atoms with E-state index in [2.05, 4.69) is 16.4 Å². The molecule has 1 amide bonds. The standard InChI is InChI=1S/C21H23N3O3/c1-26-18-8-6-15(7-9-18)19-12-16-4-2-10-22-21(16)24(19)13-20(25)23-17-5-3-11-27-14-17/h2,4,6-10,12,17H,3,5,11,13-14H2,1H3,(H,23,25)/t17-/m1/s1. The van der Waals surface area contributed by atoms with Gasteiger partial charge in [-0.2, -0.15) is 0 Å². The Morgan fingerprint density at radius 2 is 2.19 bits per heavy atom. The highest BCUT2D eigenvalue weighted by molar-refractivity contribution is 5.87. The molecule has 0 saturated carbocycles. The molecule has 1 atom stereocenters. The van der Waals surface area contributed by atoms with Crippen LogP contribution in [0.25, 0.3) is 22.3 Å². The topological polar surface area (TPSA) is 65.4 Å². The van der Waals surface area contributed by atoms with Gasteiger partial charge in [0.05, 0.1) is 25.5 Å². The zero-order chi connectivity index (χ0) is 18.6. The monoisotopic (exact) mass is 365 g/mol. The van der Waals surface area contributed by atoms with Gasteiger partial charge in [-0.15, -0.1) is 0 Å². The van der Waals surface area contributed by atoms with Gasteiger partial charge in [0.2, 0.25) is 5.91 Å². The van der Waals surface area contributed by atoms with Gasteiger partial charge in [-0.3, -0.25) is 4.79 Å². The molecule has 6 nitrogen and oxygen atoms in total. The Hall–Kier alpha value is -2.86. The van der Waals surface area contributed by atoms with Crippen molar-refractivity contribution in [3.05, 3.63) is 48.7 Å². The molecule has 1 aliphatic rings. The first-order chi connectivity index (χ1) is 13.2. The smallest absolute Gasteiger partial charge is 0.240 e. The molecule has 2 aromatic heterocycles. The maximum absolute atomic E-state index is 12.7. The van der Waals surface area contributed by atoms with E-state index in [0.29, 0.717) is 6.61 Å². The van der Waals surface area contributed by atoms with E-state index < -0.39 is 0 Å². The van der Waals surface area contributed by atoms with Crippen molar-refractivity contribution in [2.45, 2.75) is 25.4 Å². The van der Waals surface area contributed by atoms with Crippen molar-refractivity contribution < 1.29 is 14.3 Å². The summed E-state index contributed by atoms with van der Waals surface area (Å²) in [7, 11) is 1.65. The molecular weight excluding hydrogens is 342 g/mol. The van der Waals surface area contributed by atoms with E-state index in [1.54, 1.807) is 13.3 Å². The van der Waals surface area contributed by atoms with E-state index in [4.69, 9.17) is 9.47 Å². The quantitative estimate of drug-likeness (QED) is 0.755. The summed E-state index contributed by atoms with van der Waals surface area (Å²) in [5.41, 5.74) is 2.78. The van der Waals surface area contributed by atoms with Gasteiger partial charge >= 0.3 is 0 Å². The summed E-state index contributed by atoms with van der Waals surface area (Å²) in [4.78, 5) is 17.2. The number of hydrogen-bond donors (Lipinski definition) is 1. The number of rotatable bonds is 5. The largest absolute Gasteiger partial charge is 0.497 e. The highest BCUT2D eigenvalue weighted by Crippen LogP contribution is 2.28. The predicted octanol–water partition coefficient (Wildman–Crippen LogP) is 3.01. The Kier molecular flexibility index (Phi) is 5.07. The third-order valence-corrected chi connectivity index (χ3v) is 4.87. The lowest BCUT2D eigenvalue weighted by Crippen LogP contribution is -2.42. The zero-order valence-electron chi connectivity index (χ0n) is 15.4. The Labute approximate surface area is 158 Å². The number of nitrogens with zero attached hydrogens (tertiary/aromatic N) is 2. The van der Waals surface area contributed by atoms with Gasteiger partial charge in [0.1, 0.15) is 17.9 Å². The molecule has 140 valence electrons. The number of hydrogen-bond acceptors (Lipinski definition) is 4. The molecule has 0 bridgehead atoms. The van der Waals surface area contributed by atoms with Crippen molar-refractivity contribution in [3.8, 4) is 17.0 Å². The number of ether oxygens (including phenoxy) is 2. The lowest BCUT2D eigenvalue weighted by molar-refractivity contribution is -0.123. The van der Waals surface area contributed by atoms with Gasteiger partial charge in [-0.05, 0) is 60.9 Å². The van der Waals surface area contributed by atoms with Crippen molar-refractivity contribution in [1.29, 1.82) is 0 Å². The summed E-state index contributed by atoms with van der Waals surface area (Å²) in [5.74, 6) is 0.776. The van der Waals surface area contributed by atoms with Crippen molar-refractivity contribution in [2.75, 3.05) is 20.3 Å². The maximum Gasteiger partial charge on any atom is 0.240 e. The second-order valence-corrected chi connectivity index (χ2v) is 6.74. The highest BCUT2D eigenvalue weighted by Gasteiger charge is 2.19. The Morgan fingerprint density at radius 3 is 2.93 bits per heavy atom. The van der Waals surface area contributed by atoms with Gasteiger partial charge in [0.15, 0.2) is 0 Å². The molecule has 1 N–H and O–H groups in total. The van der Waals surface area contributed by atoms with Gasteiger partial charge in [-0.1, -0.05) is 0 Å². The van der Waals surface area contributed by atoms with Crippen molar-refractivity contribution in [1.82, 2.24) is 14.9 Å². The summed E-state index contributed by atoms with van der Waals surface area (Å²) in [6.45, 7) is 1.58. The van der Waals surface area contributed by atoms with Crippen molar-refractivity contribution in [2.24, 2.45) is 0 Å². The van der Waals surface area contributed by atoms with Crippen LogP contribution in [0.5, 0.6) is 5.75 Å².